The summed E-state index contributed by atoms with van der Waals surface area (Å²) in [5, 5.41) is 0. The summed E-state index contributed by atoms with van der Waals surface area (Å²) in [5.41, 5.74) is -1.08. The van der Waals surface area contributed by atoms with Gasteiger partial charge in [0.2, 0.25) is 0 Å². The highest BCUT2D eigenvalue weighted by Gasteiger charge is 2.35. The minimum atomic E-state index is -4.64. The first-order valence-electron chi connectivity index (χ1n) is 3.78. The predicted molar refractivity (Wildman–Crippen MR) is 53.7 cm³/mol. The minimum absolute atomic E-state index is 0.565. The molecule has 0 spiro atoms. The second kappa shape index (κ2) is 4.32. The Morgan fingerprint density at radius 1 is 1.31 bits per heavy atom. The summed E-state index contributed by atoms with van der Waals surface area (Å²) in [6, 6.07) is 2.76. The first-order chi connectivity index (χ1) is 7.20. The monoisotopic (exact) mass is 318 g/mol. The van der Waals surface area contributed by atoms with Crippen LogP contribution in [0.3, 0.4) is 0 Å². The zero-order valence-corrected chi connectivity index (χ0v) is 9.95. The van der Waals surface area contributed by atoms with Crippen molar-refractivity contribution in [2.45, 2.75) is 11.1 Å². The average molecular weight is 319 g/mol. The number of nitrogens with two attached hydrogens (primary N) is 1. The lowest BCUT2D eigenvalue weighted by atomic mass is 10.2. The first-order valence-corrected chi connectivity index (χ1v) is 6.06. The maximum absolute atomic E-state index is 12.4. The zero-order chi connectivity index (χ0) is 12.6. The molecule has 9 heteroatoms. The number of hydrazine groups is 1. The third kappa shape index (κ3) is 2.54. The second-order valence-electron chi connectivity index (χ2n) is 2.74. The van der Waals surface area contributed by atoms with E-state index < -0.39 is 31.1 Å². The lowest BCUT2D eigenvalue weighted by Crippen LogP contribution is -2.30. The summed E-state index contributed by atoms with van der Waals surface area (Å²) < 4.78 is 59.3. The molecule has 90 valence electrons. The Kier molecular flexibility index (Phi) is 3.62. The van der Waals surface area contributed by atoms with E-state index >= 15 is 0 Å². The van der Waals surface area contributed by atoms with Crippen molar-refractivity contribution in [2.24, 2.45) is 5.84 Å². The van der Waals surface area contributed by atoms with Crippen molar-refractivity contribution in [3.8, 4) is 0 Å². The molecule has 3 N–H and O–H groups in total. The number of hydrogen-bond donors (Lipinski definition) is 2. The van der Waals surface area contributed by atoms with Crippen LogP contribution in [0.4, 0.5) is 13.2 Å². The summed E-state index contributed by atoms with van der Waals surface area (Å²) in [6.45, 7) is 0. The van der Waals surface area contributed by atoms with Crippen LogP contribution in [0.15, 0.2) is 27.6 Å². The lowest BCUT2D eigenvalue weighted by molar-refractivity contribution is -0.138. The third-order valence-corrected chi connectivity index (χ3v) is 4.06. The largest absolute Gasteiger partial charge is 0.417 e. The maximum Gasteiger partial charge on any atom is 0.417 e. The summed E-state index contributed by atoms with van der Waals surface area (Å²) >= 11 is 2.60. The quantitative estimate of drug-likeness (QED) is 0.643. The number of halogens is 4. The number of rotatable bonds is 2. The van der Waals surface area contributed by atoms with Crippen LogP contribution in [0.25, 0.3) is 0 Å². The highest BCUT2D eigenvalue weighted by molar-refractivity contribution is 9.10. The fourth-order valence-corrected chi connectivity index (χ4v) is 2.86. The highest BCUT2D eigenvalue weighted by atomic mass is 79.9. The van der Waals surface area contributed by atoms with Gasteiger partial charge in [0.05, 0.1) is 10.5 Å². The number of sulfonamides is 1. The van der Waals surface area contributed by atoms with Gasteiger partial charge in [0.25, 0.3) is 10.0 Å². The molecule has 0 saturated carbocycles. The van der Waals surface area contributed by atoms with E-state index in [1.807, 2.05) is 0 Å². The Bertz CT molecular complexity index is 501. The normalized spacial score (nSPS) is 12.8. The van der Waals surface area contributed by atoms with Gasteiger partial charge in [-0.05, 0) is 28.1 Å². The highest BCUT2D eigenvalue weighted by Crippen LogP contribution is 2.37. The van der Waals surface area contributed by atoms with E-state index in [0.29, 0.717) is 0 Å². The molecule has 1 aromatic rings. The van der Waals surface area contributed by atoms with Gasteiger partial charge < -0.3 is 0 Å². The average Bonchev–Trinajstić information content (AvgIpc) is 2.16. The number of benzene rings is 1. The van der Waals surface area contributed by atoms with Crippen LogP contribution in [0.5, 0.6) is 0 Å². The standard InChI is InChI=1S/C7H6BrF3N2O2S/c8-6-4(7(9,10)11)2-1-3-5(6)16(14,15)13-12/h1-3,13H,12H2. The molecule has 0 aliphatic rings. The topological polar surface area (TPSA) is 72.2 Å². The molecule has 0 bridgehead atoms. The Morgan fingerprint density at radius 3 is 2.31 bits per heavy atom. The van der Waals surface area contributed by atoms with Crippen LogP contribution < -0.4 is 10.7 Å². The SMILES string of the molecule is NNS(=O)(=O)c1cccc(C(F)(F)F)c1Br. The fourth-order valence-electron chi connectivity index (χ4n) is 1.00. The third-order valence-electron chi connectivity index (χ3n) is 1.71. The number of nitrogens with one attached hydrogen (secondary N) is 1. The lowest BCUT2D eigenvalue weighted by Gasteiger charge is -2.12. The molecule has 4 nitrogen and oxygen atoms in total. The zero-order valence-electron chi connectivity index (χ0n) is 7.55. The van der Waals surface area contributed by atoms with E-state index in [4.69, 9.17) is 5.84 Å². The second-order valence-corrected chi connectivity index (χ2v) is 5.21. The smallest absolute Gasteiger partial charge is 0.257 e. The molecule has 0 saturated heterocycles. The molecular weight excluding hydrogens is 313 g/mol. The molecule has 0 fully saturated rings. The van der Waals surface area contributed by atoms with Crippen LogP contribution in [0, 0.1) is 0 Å². The molecule has 1 aromatic carbocycles. The van der Waals surface area contributed by atoms with Crippen molar-refractivity contribution in [3.05, 3.63) is 28.2 Å². The summed E-state index contributed by atoms with van der Waals surface area (Å²) in [4.78, 5) is 0.887. The summed E-state index contributed by atoms with van der Waals surface area (Å²) in [6.07, 6.45) is -4.64. The Hall–Kier alpha value is -0.640. The Morgan fingerprint density at radius 2 is 1.88 bits per heavy atom. The molecule has 0 aliphatic heterocycles. The van der Waals surface area contributed by atoms with Gasteiger partial charge in [-0.15, -0.1) is 0 Å². The van der Waals surface area contributed by atoms with Crippen molar-refractivity contribution in [3.63, 3.8) is 0 Å². The van der Waals surface area contributed by atoms with Gasteiger partial charge >= 0.3 is 6.18 Å². The van der Waals surface area contributed by atoms with Gasteiger partial charge in [0, 0.05) is 4.47 Å². The van der Waals surface area contributed by atoms with E-state index in [9.17, 15) is 21.6 Å². The van der Waals surface area contributed by atoms with Crippen LogP contribution in [-0.2, 0) is 16.2 Å². The van der Waals surface area contributed by atoms with Gasteiger partial charge in [-0.2, -0.15) is 18.0 Å². The summed E-state index contributed by atoms with van der Waals surface area (Å²) in [7, 11) is -4.13. The number of alkyl halides is 3. The van der Waals surface area contributed by atoms with E-state index in [0.717, 1.165) is 18.2 Å². The van der Waals surface area contributed by atoms with Gasteiger partial charge in [0.15, 0.2) is 0 Å². The molecule has 16 heavy (non-hydrogen) atoms. The molecule has 0 radical (unpaired) electrons. The number of hydrogen-bond acceptors (Lipinski definition) is 3. The van der Waals surface area contributed by atoms with Gasteiger partial charge in [0.1, 0.15) is 0 Å². The molecule has 0 atom stereocenters. The van der Waals surface area contributed by atoms with E-state index in [-0.39, 0.29) is 0 Å². The molecule has 1 rings (SSSR count). The molecular formula is C7H6BrF3N2O2S. The molecule has 0 heterocycles. The van der Waals surface area contributed by atoms with Crippen LogP contribution >= 0.6 is 15.9 Å². The summed E-state index contributed by atoms with van der Waals surface area (Å²) in [5.74, 6) is 4.73. The molecule has 0 aliphatic carbocycles. The van der Waals surface area contributed by atoms with Gasteiger partial charge in [-0.3, -0.25) is 5.84 Å². The fraction of sp³-hybridized carbons (Fsp3) is 0.143. The van der Waals surface area contributed by atoms with E-state index in [1.165, 1.54) is 4.83 Å². The minimum Gasteiger partial charge on any atom is -0.257 e. The van der Waals surface area contributed by atoms with Crippen molar-refractivity contribution >= 4 is 26.0 Å². The van der Waals surface area contributed by atoms with Crippen LogP contribution in [0.1, 0.15) is 5.56 Å². The predicted octanol–water partition coefficient (Wildman–Crippen LogP) is 1.62. The van der Waals surface area contributed by atoms with Crippen molar-refractivity contribution in [1.82, 2.24) is 4.83 Å². The maximum atomic E-state index is 12.4. The van der Waals surface area contributed by atoms with Crippen LogP contribution in [0.2, 0.25) is 0 Å². The molecule has 0 aromatic heterocycles. The van der Waals surface area contributed by atoms with Crippen molar-refractivity contribution in [2.75, 3.05) is 0 Å². The van der Waals surface area contributed by atoms with Gasteiger partial charge in [-0.1, -0.05) is 6.07 Å². The van der Waals surface area contributed by atoms with Crippen molar-refractivity contribution in [1.29, 1.82) is 0 Å². The molecule has 0 unspecified atom stereocenters. The Labute approximate surface area is 97.8 Å². The molecule has 0 amide bonds. The Balaban J connectivity index is 3.48. The van der Waals surface area contributed by atoms with Crippen LogP contribution in [-0.4, -0.2) is 8.42 Å². The first kappa shape index (κ1) is 13.4. The van der Waals surface area contributed by atoms with E-state index in [2.05, 4.69) is 15.9 Å². The van der Waals surface area contributed by atoms with Crippen molar-refractivity contribution < 1.29 is 21.6 Å². The van der Waals surface area contributed by atoms with E-state index in [1.54, 1.807) is 0 Å². The van der Waals surface area contributed by atoms with Gasteiger partial charge in [-0.25, -0.2) is 8.42 Å².